The van der Waals surface area contributed by atoms with Gasteiger partial charge in [-0.3, -0.25) is 0 Å². The molecule has 0 aliphatic carbocycles. The van der Waals surface area contributed by atoms with Crippen molar-refractivity contribution in [3.05, 3.63) is 106 Å². The monoisotopic (exact) mass is 1000 g/mol. The summed E-state index contributed by atoms with van der Waals surface area (Å²) in [6, 6.07) is 19.6. The molecule has 0 saturated heterocycles. The molecule has 0 aliphatic rings. The fraction of sp³-hybridized carbons (Fsp3) is 0.600. The maximum absolute atomic E-state index is 12.4. The van der Waals surface area contributed by atoms with Gasteiger partial charge in [-0.1, -0.05) is 158 Å². The Hall–Kier alpha value is -5.52. The molecule has 0 N–H and O–H groups in total. The van der Waals surface area contributed by atoms with Gasteiger partial charge in [-0.25, -0.2) is 28.8 Å². The third-order valence-electron chi connectivity index (χ3n) is 12.2. The Kier molecular flexibility index (Phi) is 36.7. The topological polar surface area (TPSA) is 158 Å². The van der Waals surface area contributed by atoms with E-state index in [-0.39, 0.29) is 17.9 Å². The molecule has 12 nitrogen and oxygen atoms in total. The zero-order chi connectivity index (χ0) is 53.4. The van der Waals surface area contributed by atoms with Gasteiger partial charge in [0.2, 0.25) is 0 Å². The molecule has 3 atom stereocenters. The number of rotatable bonds is 33. The maximum Gasteiger partial charge on any atom is 0.338 e. The molecule has 72 heavy (non-hydrogen) atoms. The van der Waals surface area contributed by atoms with Crippen LogP contribution >= 0.6 is 0 Å². The summed E-state index contributed by atoms with van der Waals surface area (Å²) in [4.78, 5) is 72.5. The molecule has 0 saturated carbocycles. The first-order chi connectivity index (χ1) is 34.9. The number of esters is 6. The Morgan fingerprint density at radius 1 is 0.319 bits per heavy atom. The number of unbranched alkanes of at least 4 members (excludes halogenated alkanes) is 6. The SMILES string of the molecule is CCCCC(CC)COC(=O)c1cccc(C(=O)OCC(CC)CCCC)c1.CCCCOC(=O)c1cccc(C(=O)OCC(CC)CCCC)c1.CCCCOC(=O)c1cccc(C(=O)OCCCC)c1. The summed E-state index contributed by atoms with van der Waals surface area (Å²) in [6.45, 7) is 21.4. The second-order valence-electron chi connectivity index (χ2n) is 18.3. The quantitative estimate of drug-likeness (QED) is 0.0323. The Balaban J connectivity index is 0.000000548. The number of carbonyl (C=O) groups is 6. The van der Waals surface area contributed by atoms with Gasteiger partial charge in [-0.2, -0.15) is 0 Å². The lowest BCUT2D eigenvalue weighted by molar-refractivity contribution is 0.0413. The highest BCUT2D eigenvalue weighted by Crippen LogP contribution is 2.18. The number of hydrogen-bond donors (Lipinski definition) is 0. The fourth-order valence-corrected chi connectivity index (χ4v) is 7.02. The molecule has 0 spiro atoms. The molecule has 0 fully saturated rings. The molecule has 0 heterocycles. The van der Waals surface area contributed by atoms with Crippen molar-refractivity contribution in [3.8, 4) is 0 Å². The number of ether oxygens (including phenoxy) is 6. The molecule has 0 aliphatic heterocycles. The van der Waals surface area contributed by atoms with E-state index in [2.05, 4.69) is 41.5 Å². The molecular formula is C60H90O12. The van der Waals surface area contributed by atoms with Gasteiger partial charge in [0.15, 0.2) is 0 Å². The Bertz CT molecular complexity index is 1890. The van der Waals surface area contributed by atoms with E-state index in [1.807, 2.05) is 20.8 Å². The Labute approximate surface area is 433 Å². The smallest absolute Gasteiger partial charge is 0.338 e. The molecule has 3 aromatic carbocycles. The van der Waals surface area contributed by atoms with E-state index in [9.17, 15) is 28.8 Å². The van der Waals surface area contributed by atoms with Crippen molar-refractivity contribution in [2.75, 3.05) is 39.6 Å². The highest BCUT2D eigenvalue weighted by atomic mass is 16.6. The van der Waals surface area contributed by atoms with Gasteiger partial charge in [-0.05, 0) is 111 Å². The van der Waals surface area contributed by atoms with Crippen LogP contribution < -0.4 is 0 Å². The van der Waals surface area contributed by atoms with Crippen LogP contribution in [0.25, 0.3) is 0 Å². The van der Waals surface area contributed by atoms with E-state index in [0.29, 0.717) is 90.8 Å². The van der Waals surface area contributed by atoms with Gasteiger partial charge in [0, 0.05) is 0 Å². The first kappa shape index (κ1) is 64.5. The predicted molar refractivity (Wildman–Crippen MR) is 286 cm³/mol. The third kappa shape index (κ3) is 27.9. The minimum Gasteiger partial charge on any atom is -0.462 e. The van der Waals surface area contributed by atoms with Crippen LogP contribution in [0, 0.1) is 17.8 Å². The van der Waals surface area contributed by atoms with Crippen LogP contribution in [0.1, 0.15) is 240 Å². The summed E-state index contributed by atoms with van der Waals surface area (Å²) in [5, 5.41) is 0. The normalized spacial score (nSPS) is 11.8. The zero-order valence-corrected chi connectivity index (χ0v) is 45.5. The van der Waals surface area contributed by atoms with Gasteiger partial charge in [0.05, 0.1) is 73.0 Å². The maximum atomic E-state index is 12.4. The molecular weight excluding hydrogens is 913 g/mol. The van der Waals surface area contributed by atoms with Crippen LogP contribution in [0.2, 0.25) is 0 Å². The predicted octanol–water partition coefficient (Wildman–Crippen LogP) is 15.1. The molecule has 12 heteroatoms. The molecule has 0 radical (unpaired) electrons. The number of carbonyl (C=O) groups excluding carboxylic acids is 6. The van der Waals surface area contributed by atoms with Crippen molar-refractivity contribution in [1.82, 2.24) is 0 Å². The van der Waals surface area contributed by atoms with Crippen LogP contribution in [0.3, 0.4) is 0 Å². The average Bonchev–Trinajstić information content (AvgIpc) is 3.41. The highest BCUT2D eigenvalue weighted by molar-refractivity contribution is 5.97. The minimum atomic E-state index is -0.401. The van der Waals surface area contributed by atoms with Crippen molar-refractivity contribution in [2.45, 2.75) is 178 Å². The van der Waals surface area contributed by atoms with Crippen LogP contribution in [-0.2, 0) is 28.4 Å². The van der Waals surface area contributed by atoms with Gasteiger partial charge < -0.3 is 28.4 Å². The lowest BCUT2D eigenvalue weighted by atomic mass is 10.0. The van der Waals surface area contributed by atoms with E-state index < -0.39 is 17.9 Å². The van der Waals surface area contributed by atoms with Gasteiger partial charge in [-0.15, -0.1) is 0 Å². The van der Waals surface area contributed by atoms with E-state index in [0.717, 1.165) is 116 Å². The second kappa shape index (κ2) is 41.0. The molecule has 3 unspecified atom stereocenters. The van der Waals surface area contributed by atoms with E-state index >= 15 is 0 Å². The van der Waals surface area contributed by atoms with Gasteiger partial charge >= 0.3 is 35.8 Å². The minimum absolute atomic E-state index is 0.376. The molecule has 3 rings (SSSR count). The zero-order valence-electron chi connectivity index (χ0n) is 45.5. The van der Waals surface area contributed by atoms with Crippen LogP contribution in [0.5, 0.6) is 0 Å². The largest absolute Gasteiger partial charge is 0.462 e. The molecule has 0 aromatic heterocycles. The molecule has 3 aromatic rings. The van der Waals surface area contributed by atoms with Crippen molar-refractivity contribution in [1.29, 1.82) is 0 Å². The van der Waals surface area contributed by atoms with E-state index in [4.69, 9.17) is 28.4 Å². The average molecular weight is 1000 g/mol. The van der Waals surface area contributed by atoms with Gasteiger partial charge in [0.25, 0.3) is 0 Å². The summed E-state index contributed by atoms with van der Waals surface area (Å²) in [7, 11) is 0. The summed E-state index contributed by atoms with van der Waals surface area (Å²) in [5.74, 6) is -1.14. The lowest BCUT2D eigenvalue weighted by Gasteiger charge is -2.15. The first-order valence-corrected chi connectivity index (χ1v) is 27.2. The fourth-order valence-electron chi connectivity index (χ4n) is 7.02. The summed E-state index contributed by atoms with van der Waals surface area (Å²) < 4.78 is 31.8. The first-order valence-electron chi connectivity index (χ1n) is 27.2. The summed E-state index contributed by atoms with van der Waals surface area (Å²) in [5.41, 5.74) is 2.34. The lowest BCUT2D eigenvalue weighted by Crippen LogP contribution is -2.16. The van der Waals surface area contributed by atoms with Crippen LogP contribution in [0.15, 0.2) is 72.8 Å². The van der Waals surface area contributed by atoms with Crippen molar-refractivity contribution >= 4 is 35.8 Å². The molecule has 402 valence electrons. The molecule has 0 amide bonds. The van der Waals surface area contributed by atoms with Crippen molar-refractivity contribution in [3.63, 3.8) is 0 Å². The standard InChI is InChI=1S/C24H38O4.C20H30O4.C16H22O4/c1-5-9-12-19(7-3)17-27-23(25)21-14-11-15-22(16-21)24(26)28-18-20(8-4)13-10-6-2;1-4-7-10-16(6-3)15-24-20(22)18-12-9-11-17(14-18)19(21)23-13-8-5-2;1-3-5-10-19-15(17)13-8-7-9-14(12-13)16(18)20-11-6-4-2/h11,14-16,19-20H,5-10,12-13,17-18H2,1-4H3;9,11-12,14,16H,4-8,10,13,15H2,1-3H3;7-9,12H,3-6,10-11H2,1-2H3. The highest BCUT2D eigenvalue weighted by Gasteiger charge is 2.18. The number of benzene rings is 3. The third-order valence-corrected chi connectivity index (χ3v) is 12.2. The van der Waals surface area contributed by atoms with Gasteiger partial charge in [0.1, 0.15) is 0 Å². The van der Waals surface area contributed by atoms with E-state index in [1.165, 1.54) is 6.07 Å². The Morgan fingerprint density at radius 2 is 0.528 bits per heavy atom. The van der Waals surface area contributed by atoms with Crippen molar-refractivity contribution < 1.29 is 57.2 Å². The van der Waals surface area contributed by atoms with Crippen molar-refractivity contribution in [2.24, 2.45) is 17.8 Å². The van der Waals surface area contributed by atoms with Crippen LogP contribution in [-0.4, -0.2) is 75.5 Å². The van der Waals surface area contributed by atoms with E-state index in [1.54, 1.807) is 66.7 Å². The number of hydrogen-bond acceptors (Lipinski definition) is 12. The second-order valence-corrected chi connectivity index (χ2v) is 18.3. The van der Waals surface area contributed by atoms with Crippen LogP contribution in [0.4, 0.5) is 0 Å². The summed E-state index contributed by atoms with van der Waals surface area (Å²) >= 11 is 0. The molecule has 0 bridgehead atoms. The summed E-state index contributed by atoms with van der Waals surface area (Å²) in [6.07, 6.45) is 18.5. The Morgan fingerprint density at radius 3 is 0.722 bits per heavy atom.